The van der Waals surface area contributed by atoms with Crippen molar-refractivity contribution in [1.82, 2.24) is 5.32 Å². The van der Waals surface area contributed by atoms with E-state index in [0.717, 1.165) is 12.8 Å². The molecule has 0 bridgehead atoms. The highest BCUT2D eigenvalue weighted by Gasteiger charge is 2.12. The van der Waals surface area contributed by atoms with E-state index in [-0.39, 0.29) is 5.91 Å². The van der Waals surface area contributed by atoms with Crippen LogP contribution in [0.5, 0.6) is 0 Å². The highest BCUT2D eigenvalue weighted by molar-refractivity contribution is 6.08. The maximum absolute atomic E-state index is 11.6. The topological polar surface area (TPSA) is 38.3 Å². The van der Waals surface area contributed by atoms with Gasteiger partial charge in [-0.1, -0.05) is 60.8 Å². The number of allylic oxidation sites excluding steroid dienone is 11. The molecule has 0 aliphatic heterocycles. The minimum Gasteiger partial charge on any atom is -0.353 e. The Morgan fingerprint density at radius 2 is 2.22 bits per heavy atom. The Morgan fingerprint density at radius 1 is 1.35 bits per heavy atom. The van der Waals surface area contributed by atoms with Crippen LogP contribution in [0.15, 0.2) is 71.9 Å². The molecule has 1 amide bonds. The molecule has 4 heteroatoms. The molecule has 0 aromatic heterocycles. The third-order valence-electron chi connectivity index (χ3n) is 3.77. The van der Waals surface area contributed by atoms with Gasteiger partial charge < -0.3 is 5.32 Å². The van der Waals surface area contributed by atoms with Crippen molar-refractivity contribution in [3.8, 4) is 0 Å². The smallest absolute Gasteiger partial charge is 0.250 e. The van der Waals surface area contributed by atoms with Gasteiger partial charge in [0.1, 0.15) is 0 Å². The lowest BCUT2D eigenvalue weighted by atomic mass is 9.97. The number of hydrogen-bond acceptors (Lipinski definition) is 2. The predicted octanol–water partition coefficient (Wildman–Crippen LogP) is 4.16. The number of carbonyl (C=O) groups excluding carboxylic acids is 1. The zero-order valence-electron chi connectivity index (χ0n) is 13.2. The molecule has 2 unspecified atom stereocenters. The lowest BCUT2D eigenvalue weighted by Crippen LogP contribution is -2.33. The molecule has 23 heavy (non-hydrogen) atoms. The maximum Gasteiger partial charge on any atom is 0.250 e. The van der Waals surface area contributed by atoms with Gasteiger partial charge in [0.2, 0.25) is 0 Å². The first-order valence-electron chi connectivity index (χ1n) is 7.84. The molecule has 2 aliphatic rings. The second-order valence-corrected chi connectivity index (χ2v) is 5.69. The van der Waals surface area contributed by atoms with Gasteiger partial charge in [0.25, 0.3) is 5.91 Å². The van der Waals surface area contributed by atoms with E-state index >= 15 is 0 Å². The maximum atomic E-state index is 11.6. The van der Waals surface area contributed by atoms with E-state index in [1.807, 2.05) is 0 Å². The predicted molar refractivity (Wildman–Crippen MR) is 94.9 cm³/mol. The van der Waals surface area contributed by atoms with Crippen LogP contribution in [0.25, 0.3) is 0 Å². The second-order valence-electron chi connectivity index (χ2n) is 5.51. The van der Waals surface area contributed by atoms with Gasteiger partial charge >= 0.3 is 0 Å². The highest BCUT2D eigenvalue weighted by atomic mass is 35.5. The molecule has 0 heterocycles. The van der Waals surface area contributed by atoms with Crippen LogP contribution in [-0.2, 0) is 9.08 Å². The molecule has 2 rings (SSSR count). The molecule has 3 nitrogen and oxygen atoms in total. The number of nitrogens with one attached hydrogen (secondary N) is 1. The van der Waals surface area contributed by atoms with Crippen molar-refractivity contribution in [2.24, 2.45) is 5.92 Å². The molecule has 2 aliphatic carbocycles. The molecule has 0 aromatic carbocycles. The Morgan fingerprint density at radius 3 is 3.04 bits per heavy atom. The van der Waals surface area contributed by atoms with E-state index in [9.17, 15) is 4.79 Å². The van der Waals surface area contributed by atoms with Crippen molar-refractivity contribution in [2.75, 3.05) is 6.54 Å². The summed E-state index contributed by atoms with van der Waals surface area (Å²) in [4.78, 5) is 11.6. The fourth-order valence-corrected chi connectivity index (χ4v) is 2.47. The van der Waals surface area contributed by atoms with Crippen LogP contribution < -0.4 is 5.32 Å². The molecule has 0 saturated heterocycles. The van der Waals surface area contributed by atoms with Crippen LogP contribution in [0, 0.1) is 5.92 Å². The lowest BCUT2D eigenvalue weighted by molar-refractivity contribution is -0.127. The quantitative estimate of drug-likeness (QED) is 0.793. The van der Waals surface area contributed by atoms with Gasteiger partial charge in [-0.2, -0.15) is 0 Å². The minimum atomic E-state index is -0.637. The fraction of sp³-hybridized carbons (Fsp3) is 0.316. The van der Waals surface area contributed by atoms with E-state index in [2.05, 4.69) is 70.4 Å². The molecule has 1 N–H and O–H groups in total. The van der Waals surface area contributed by atoms with E-state index in [1.54, 1.807) is 6.92 Å². The highest BCUT2D eigenvalue weighted by Crippen LogP contribution is 2.22. The number of halogens is 1. The van der Waals surface area contributed by atoms with Crippen LogP contribution in [0.2, 0.25) is 0 Å². The SMILES string of the molecule is CC(OCl)C(=O)NCCC1=CC=CC(C2=CCC=CC=C2)C=C1. The molecule has 0 aromatic rings. The number of amides is 1. The minimum absolute atomic E-state index is 0.201. The summed E-state index contributed by atoms with van der Waals surface area (Å²) in [6.45, 7) is 2.17. The molecular weight excluding hydrogens is 310 g/mol. The Kier molecular flexibility index (Phi) is 7.11. The van der Waals surface area contributed by atoms with Crippen molar-refractivity contribution in [1.29, 1.82) is 0 Å². The first-order valence-corrected chi connectivity index (χ1v) is 8.15. The molecular formula is C19H22ClNO2. The third-order valence-corrected chi connectivity index (χ3v) is 4.04. The van der Waals surface area contributed by atoms with Crippen LogP contribution in [0.1, 0.15) is 19.8 Å². The summed E-state index contributed by atoms with van der Waals surface area (Å²) < 4.78 is 4.47. The van der Waals surface area contributed by atoms with Gasteiger partial charge in [0.05, 0.1) is 11.9 Å². The number of hydrogen-bond donors (Lipinski definition) is 1. The lowest BCUT2D eigenvalue weighted by Gasteiger charge is -2.09. The Labute approximate surface area is 142 Å². The fourth-order valence-electron chi connectivity index (χ4n) is 2.39. The summed E-state index contributed by atoms with van der Waals surface area (Å²) in [5.41, 5.74) is 2.48. The van der Waals surface area contributed by atoms with Gasteiger partial charge in [-0.3, -0.25) is 9.08 Å². The first kappa shape index (κ1) is 17.5. The largest absolute Gasteiger partial charge is 0.353 e. The van der Waals surface area contributed by atoms with Gasteiger partial charge in [-0.25, -0.2) is 0 Å². The Hall–Kier alpha value is -1.84. The van der Waals surface area contributed by atoms with Crippen molar-refractivity contribution in [2.45, 2.75) is 25.9 Å². The molecule has 2 atom stereocenters. The summed E-state index contributed by atoms with van der Waals surface area (Å²) in [7, 11) is 0. The normalized spacial score (nSPS) is 21.2. The number of carbonyl (C=O) groups is 1. The summed E-state index contributed by atoms with van der Waals surface area (Å²) >= 11 is 5.19. The van der Waals surface area contributed by atoms with Crippen molar-refractivity contribution >= 4 is 17.8 Å². The van der Waals surface area contributed by atoms with Crippen molar-refractivity contribution in [3.05, 3.63) is 71.9 Å². The standard InChI is InChI=1S/C19H22ClNO2/c1-15(23-20)19(22)21-14-13-16-7-6-10-18(12-11-16)17-8-4-2-3-5-9-17/h2-4,6-12,15,18H,5,13-14H2,1H3,(H,21,22). The van der Waals surface area contributed by atoms with E-state index in [1.165, 1.54) is 11.1 Å². The van der Waals surface area contributed by atoms with Gasteiger partial charge in [-0.05, 0) is 30.9 Å². The Balaban J connectivity index is 1.86. The van der Waals surface area contributed by atoms with Crippen LogP contribution >= 0.6 is 11.9 Å². The Bertz CT molecular complexity index is 596. The van der Waals surface area contributed by atoms with Crippen LogP contribution in [0.4, 0.5) is 0 Å². The van der Waals surface area contributed by atoms with Gasteiger partial charge in [0, 0.05) is 12.5 Å². The average Bonchev–Trinajstić information content (AvgIpc) is 2.96. The average molecular weight is 332 g/mol. The first-order chi connectivity index (χ1) is 11.2. The molecule has 0 fully saturated rings. The summed E-state index contributed by atoms with van der Waals surface area (Å²) in [5, 5.41) is 2.81. The third kappa shape index (κ3) is 5.70. The zero-order valence-corrected chi connectivity index (χ0v) is 14.0. The van der Waals surface area contributed by atoms with Crippen LogP contribution in [0.3, 0.4) is 0 Å². The zero-order chi connectivity index (χ0) is 16.5. The van der Waals surface area contributed by atoms with E-state index < -0.39 is 6.10 Å². The molecule has 0 saturated carbocycles. The van der Waals surface area contributed by atoms with Gasteiger partial charge in [-0.15, -0.1) is 0 Å². The number of rotatable bonds is 6. The monoisotopic (exact) mass is 331 g/mol. The molecule has 0 radical (unpaired) electrons. The van der Waals surface area contributed by atoms with E-state index in [0.29, 0.717) is 12.5 Å². The summed E-state index contributed by atoms with van der Waals surface area (Å²) in [6, 6.07) is 0. The van der Waals surface area contributed by atoms with Crippen LogP contribution in [-0.4, -0.2) is 18.6 Å². The summed E-state index contributed by atoms with van der Waals surface area (Å²) in [6.07, 6.45) is 22.5. The summed E-state index contributed by atoms with van der Waals surface area (Å²) in [5.74, 6) is 0.0898. The van der Waals surface area contributed by atoms with Crippen molar-refractivity contribution < 1.29 is 9.08 Å². The molecule has 122 valence electrons. The molecule has 0 spiro atoms. The second kappa shape index (κ2) is 9.33. The van der Waals surface area contributed by atoms with Gasteiger partial charge in [0.15, 0.2) is 6.10 Å². The van der Waals surface area contributed by atoms with E-state index in [4.69, 9.17) is 11.9 Å². The van der Waals surface area contributed by atoms with Crippen molar-refractivity contribution in [3.63, 3.8) is 0 Å².